The maximum atomic E-state index is 11.8. The molecule has 0 rings (SSSR count). The smallest absolute Gasteiger partial charge is 0.305 e. The summed E-state index contributed by atoms with van der Waals surface area (Å²) in [5.41, 5.74) is 6.28. The van der Waals surface area contributed by atoms with E-state index in [9.17, 15) is 9.59 Å². The Morgan fingerprint density at radius 2 is 0.978 bits per heavy atom. The van der Waals surface area contributed by atoms with Gasteiger partial charge in [0.05, 0.1) is 6.61 Å². The summed E-state index contributed by atoms with van der Waals surface area (Å²) in [7, 11) is 0. The summed E-state index contributed by atoms with van der Waals surface area (Å²) in [4.78, 5) is 22.4. The molecule has 4 N–H and O–H groups in total. The molecule has 0 saturated carbocycles. The van der Waals surface area contributed by atoms with Crippen LogP contribution < -0.4 is 11.1 Å². The van der Waals surface area contributed by atoms with Gasteiger partial charge in [0.1, 0.15) is 0 Å². The fraction of sp³-hybridized carbons (Fsp3) is 0.949. The van der Waals surface area contributed by atoms with Crippen molar-refractivity contribution in [2.45, 2.75) is 225 Å². The van der Waals surface area contributed by atoms with Crippen molar-refractivity contribution in [2.75, 3.05) is 13.2 Å². The molecule has 0 amide bonds. The average molecular weight is 639 g/mol. The lowest BCUT2D eigenvalue weighted by Crippen LogP contribution is -2.43. The molecule has 0 aromatic carbocycles. The molecule has 0 fully saturated rings. The van der Waals surface area contributed by atoms with Gasteiger partial charge in [-0.15, -0.1) is 0 Å². The minimum Gasteiger partial charge on any atom is -0.481 e. The summed E-state index contributed by atoms with van der Waals surface area (Å²) in [5, 5.41) is 12.4. The van der Waals surface area contributed by atoms with Gasteiger partial charge < -0.3 is 20.9 Å². The Morgan fingerprint density at radius 3 is 1.44 bits per heavy atom. The zero-order chi connectivity index (χ0) is 33.1. The molecule has 0 aliphatic carbocycles. The predicted molar refractivity (Wildman–Crippen MR) is 193 cm³/mol. The Hall–Kier alpha value is -1.14. The molecule has 0 saturated heterocycles. The highest BCUT2D eigenvalue weighted by Crippen LogP contribution is 2.15. The number of hydrogen-bond donors (Lipinski definition) is 3. The van der Waals surface area contributed by atoms with E-state index in [0.29, 0.717) is 25.5 Å². The van der Waals surface area contributed by atoms with Crippen LogP contribution in [0.25, 0.3) is 0 Å². The van der Waals surface area contributed by atoms with E-state index in [-0.39, 0.29) is 12.0 Å². The van der Waals surface area contributed by atoms with Gasteiger partial charge in [-0.1, -0.05) is 161 Å². The number of nitrogens with one attached hydrogen (secondary N) is 1. The van der Waals surface area contributed by atoms with Crippen molar-refractivity contribution in [1.29, 1.82) is 0 Å². The average Bonchev–Trinajstić information content (AvgIpc) is 3.01. The SMILES string of the molecule is CCCCCCCCOC(=O)CCCCCCCCCCCCCNC(CCCCCCCCCCCCCC(=O)O)C(C)N. The van der Waals surface area contributed by atoms with Crippen molar-refractivity contribution in [3.05, 3.63) is 0 Å². The molecule has 268 valence electrons. The van der Waals surface area contributed by atoms with Gasteiger partial charge in [0.2, 0.25) is 0 Å². The number of hydrogen-bond acceptors (Lipinski definition) is 5. The van der Waals surface area contributed by atoms with Gasteiger partial charge in [0.15, 0.2) is 0 Å². The largest absolute Gasteiger partial charge is 0.481 e. The highest BCUT2D eigenvalue weighted by atomic mass is 16.5. The molecule has 6 heteroatoms. The minimum atomic E-state index is -0.666. The van der Waals surface area contributed by atoms with E-state index in [2.05, 4.69) is 19.2 Å². The number of carbonyl (C=O) groups is 2. The Kier molecular flexibility index (Phi) is 34.8. The predicted octanol–water partition coefficient (Wildman–Crippen LogP) is 11.0. The quantitative estimate of drug-likeness (QED) is 0.0462. The lowest BCUT2D eigenvalue weighted by atomic mass is 10.0. The number of esters is 1. The third-order valence-corrected chi connectivity index (χ3v) is 9.27. The molecule has 0 radical (unpaired) electrons. The van der Waals surface area contributed by atoms with E-state index < -0.39 is 5.97 Å². The zero-order valence-corrected chi connectivity index (χ0v) is 30.2. The molecule has 0 heterocycles. The lowest BCUT2D eigenvalue weighted by Gasteiger charge is -2.22. The van der Waals surface area contributed by atoms with Gasteiger partial charge in [0, 0.05) is 24.9 Å². The molecule has 2 unspecified atom stereocenters. The van der Waals surface area contributed by atoms with Crippen molar-refractivity contribution in [2.24, 2.45) is 5.73 Å². The molecular weight excluding hydrogens is 560 g/mol. The Morgan fingerprint density at radius 1 is 0.578 bits per heavy atom. The van der Waals surface area contributed by atoms with Gasteiger partial charge >= 0.3 is 11.9 Å². The number of unbranched alkanes of at least 4 members (excludes halogenated alkanes) is 25. The highest BCUT2D eigenvalue weighted by Gasteiger charge is 2.12. The van der Waals surface area contributed by atoms with Crippen LogP contribution in [0.1, 0.15) is 213 Å². The second-order valence-corrected chi connectivity index (χ2v) is 13.9. The van der Waals surface area contributed by atoms with Crippen molar-refractivity contribution in [3.63, 3.8) is 0 Å². The summed E-state index contributed by atoms with van der Waals surface area (Å²) in [6, 6.07) is 0.658. The molecule has 0 bridgehead atoms. The molecule has 0 aliphatic rings. The maximum absolute atomic E-state index is 11.8. The molecule has 0 aromatic rings. The van der Waals surface area contributed by atoms with Crippen LogP contribution in [-0.4, -0.2) is 42.3 Å². The standard InChI is InChI=1S/C39H78N2O4/c1-3-4-5-6-25-30-35-45-39(44)33-28-23-19-15-11-8-12-16-20-24-29-34-41-37(36(2)40)31-26-21-17-13-9-7-10-14-18-22-27-32-38(42)43/h36-37,41H,3-35,40H2,1-2H3,(H,42,43). The molecule has 0 aliphatic heterocycles. The van der Waals surface area contributed by atoms with Crippen LogP contribution in [-0.2, 0) is 14.3 Å². The second-order valence-electron chi connectivity index (χ2n) is 13.9. The first-order valence-electron chi connectivity index (χ1n) is 19.8. The third-order valence-electron chi connectivity index (χ3n) is 9.27. The Balaban J connectivity index is 3.41. The van der Waals surface area contributed by atoms with Crippen LogP contribution >= 0.6 is 0 Å². The number of ether oxygens (including phenoxy) is 1. The van der Waals surface area contributed by atoms with Gasteiger partial charge in [-0.3, -0.25) is 9.59 Å². The first-order chi connectivity index (χ1) is 22.0. The zero-order valence-electron chi connectivity index (χ0n) is 30.2. The van der Waals surface area contributed by atoms with E-state index >= 15 is 0 Å². The van der Waals surface area contributed by atoms with E-state index in [1.54, 1.807) is 0 Å². The fourth-order valence-electron chi connectivity index (χ4n) is 6.20. The molecule has 6 nitrogen and oxygen atoms in total. The number of carboxylic acid groups (broad SMARTS) is 1. The summed E-state index contributed by atoms with van der Waals surface area (Å²) in [6.45, 7) is 6.08. The summed E-state index contributed by atoms with van der Waals surface area (Å²) in [5.74, 6) is -0.665. The Labute approximate surface area is 280 Å². The van der Waals surface area contributed by atoms with E-state index in [1.165, 1.54) is 154 Å². The lowest BCUT2D eigenvalue weighted by molar-refractivity contribution is -0.144. The topological polar surface area (TPSA) is 102 Å². The maximum Gasteiger partial charge on any atom is 0.305 e. The normalized spacial score (nSPS) is 12.8. The van der Waals surface area contributed by atoms with Gasteiger partial charge in [0.25, 0.3) is 0 Å². The van der Waals surface area contributed by atoms with E-state index in [4.69, 9.17) is 15.6 Å². The Bertz CT molecular complexity index is 628. The molecule has 0 spiro atoms. The van der Waals surface area contributed by atoms with Gasteiger partial charge in [-0.05, 0) is 45.6 Å². The number of rotatable bonds is 37. The van der Waals surface area contributed by atoms with Crippen molar-refractivity contribution in [3.8, 4) is 0 Å². The van der Waals surface area contributed by atoms with Crippen LogP contribution in [0.2, 0.25) is 0 Å². The van der Waals surface area contributed by atoms with Gasteiger partial charge in [-0.25, -0.2) is 0 Å². The summed E-state index contributed by atoms with van der Waals surface area (Å²) < 4.78 is 5.37. The fourth-order valence-corrected chi connectivity index (χ4v) is 6.20. The monoisotopic (exact) mass is 639 g/mol. The number of carboxylic acids is 1. The minimum absolute atomic E-state index is 0.000872. The molecule has 45 heavy (non-hydrogen) atoms. The molecule has 0 aromatic heterocycles. The van der Waals surface area contributed by atoms with Crippen LogP contribution in [0.4, 0.5) is 0 Å². The summed E-state index contributed by atoms with van der Waals surface area (Å²) >= 11 is 0. The van der Waals surface area contributed by atoms with Crippen LogP contribution in [0.3, 0.4) is 0 Å². The van der Waals surface area contributed by atoms with Crippen LogP contribution in [0, 0.1) is 0 Å². The first-order valence-corrected chi connectivity index (χ1v) is 19.8. The first kappa shape index (κ1) is 43.9. The van der Waals surface area contributed by atoms with Crippen molar-refractivity contribution < 1.29 is 19.4 Å². The van der Waals surface area contributed by atoms with Crippen molar-refractivity contribution in [1.82, 2.24) is 5.32 Å². The number of carbonyl (C=O) groups excluding carboxylic acids is 1. The van der Waals surface area contributed by atoms with E-state index in [0.717, 1.165) is 38.6 Å². The van der Waals surface area contributed by atoms with Crippen LogP contribution in [0.5, 0.6) is 0 Å². The second kappa shape index (κ2) is 35.7. The number of nitrogens with two attached hydrogens (primary N) is 1. The molecular formula is C39H78N2O4. The van der Waals surface area contributed by atoms with Crippen molar-refractivity contribution >= 4 is 11.9 Å². The highest BCUT2D eigenvalue weighted by molar-refractivity contribution is 5.69. The van der Waals surface area contributed by atoms with Crippen LogP contribution in [0.15, 0.2) is 0 Å². The number of aliphatic carboxylic acids is 1. The van der Waals surface area contributed by atoms with E-state index in [1.807, 2.05) is 0 Å². The molecule has 2 atom stereocenters. The van der Waals surface area contributed by atoms with Gasteiger partial charge in [-0.2, -0.15) is 0 Å². The third kappa shape index (κ3) is 35.6. The summed E-state index contributed by atoms with van der Waals surface area (Å²) in [6.07, 6.45) is 37.0.